The smallest absolute Gasteiger partial charge is 0.246 e. The number of carbonyl (C=O) groups is 2. The number of carbonyl (C=O) groups excluding carboxylic acids is 2. The van der Waals surface area contributed by atoms with E-state index in [2.05, 4.69) is 42.3 Å². The third-order valence-electron chi connectivity index (χ3n) is 5.17. The van der Waals surface area contributed by atoms with E-state index in [1.54, 1.807) is 4.90 Å². The number of hydrogen-bond donors (Lipinski definition) is 1. The molecule has 3 rings (SSSR count). The predicted octanol–water partition coefficient (Wildman–Crippen LogP) is 1.47. The molecule has 0 aromatic heterocycles. The highest BCUT2D eigenvalue weighted by Gasteiger charge is 2.44. The zero-order valence-electron chi connectivity index (χ0n) is 15.0. The van der Waals surface area contributed by atoms with Crippen LogP contribution in [-0.2, 0) is 16.1 Å². The van der Waals surface area contributed by atoms with Crippen LogP contribution in [0.3, 0.4) is 0 Å². The number of fused-ring (bicyclic) bond motifs is 1. The van der Waals surface area contributed by atoms with Gasteiger partial charge in [-0.3, -0.25) is 14.5 Å². The molecule has 2 aliphatic heterocycles. The summed E-state index contributed by atoms with van der Waals surface area (Å²) in [4.78, 5) is 29.1. The van der Waals surface area contributed by atoms with Crippen molar-refractivity contribution in [2.45, 2.75) is 46.3 Å². The van der Waals surface area contributed by atoms with Crippen LogP contribution in [0, 0.1) is 19.8 Å². The normalized spacial score (nSPS) is 25.0. The summed E-state index contributed by atoms with van der Waals surface area (Å²) in [5.41, 5.74) is 3.83. The Morgan fingerprint density at radius 2 is 1.96 bits per heavy atom. The summed E-state index contributed by atoms with van der Waals surface area (Å²) in [6.07, 6.45) is 0. The Bertz CT molecular complexity index is 656. The summed E-state index contributed by atoms with van der Waals surface area (Å²) in [5.74, 6) is 0.176. The molecule has 1 aromatic carbocycles. The van der Waals surface area contributed by atoms with Crippen LogP contribution in [0.1, 0.15) is 30.5 Å². The monoisotopic (exact) mass is 329 g/mol. The van der Waals surface area contributed by atoms with Crippen LogP contribution in [-0.4, -0.2) is 53.3 Å². The largest absolute Gasteiger partial charge is 0.342 e. The van der Waals surface area contributed by atoms with Gasteiger partial charge in [0.1, 0.15) is 12.1 Å². The van der Waals surface area contributed by atoms with Crippen LogP contribution < -0.4 is 5.32 Å². The molecule has 1 N–H and O–H groups in total. The van der Waals surface area contributed by atoms with E-state index in [9.17, 15) is 9.59 Å². The molecular formula is C19H27N3O2. The second-order valence-corrected chi connectivity index (χ2v) is 7.44. The molecule has 24 heavy (non-hydrogen) atoms. The van der Waals surface area contributed by atoms with Gasteiger partial charge in [0, 0.05) is 26.2 Å². The lowest BCUT2D eigenvalue weighted by Crippen LogP contribution is -2.70. The lowest BCUT2D eigenvalue weighted by atomic mass is 9.96. The van der Waals surface area contributed by atoms with Crippen molar-refractivity contribution in [1.29, 1.82) is 0 Å². The molecule has 2 amide bonds. The molecule has 1 aromatic rings. The zero-order valence-corrected chi connectivity index (χ0v) is 15.0. The van der Waals surface area contributed by atoms with Crippen molar-refractivity contribution in [3.8, 4) is 0 Å². The minimum absolute atomic E-state index is 0.0152. The van der Waals surface area contributed by atoms with Gasteiger partial charge in [0.25, 0.3) is 0 Å². The SMILES string of the molecule is Cc1ccc(CN2CCN3C(=O)[C@H](C(C)C)NC(=O)[C@H]3C2)c(C)c1. The fourth-order valence-corrected chi connectivity index (χ4v) is 3.68. The van der Waals surface area contributed by atoms with Gasteiger partial charge in [-0.15, -0.1) is 0 Å². The lowest BCUT2D eigenvalue weighted by molar-refractivity contribution is -0.154. The number of hydrogen-bond acceptors (Lipinski definition) is 3. The molecule has 2 aliphatic rings. The summed E-state index contributed by atoms with van der Waals surface area (Å²) in [5, 5.41) is 2.91. The maximum Gasteiger partial charge on any atom is 0.246 e. The molecule has 130 valence electrons. The number of piperazine rings is 2. The Morgan fingerprint density at radius 3 is 2.62 bits per heavy atom. The van der Waals surface area contributed by atoms with Gasteiger partial charge in [0.2, 0.25) is 11.8 Å². The van der Waals surface area contributed by atoms with E-state index in [0.717, 1.165) is 13.1 Å². The van der Waals surface area contributed by atoms with E-state index >= 15 is 0 Å². The van der Waals surface area contributed by atoms with Gasteiger partial charge in [0.05, 0.1) is 0 Å². The van der Waals surface area contributed by atoms with Gasteiger partial charge < -0.3 is 10.2 Å². The first kappa shape index (κ1) is 17.0. The molecule has 2 saturated heterocycles. The van der Waals surface area contributed by atoms with Gasteiger partial charge in [-0.05, 0) is 30.9 Å². The molecule has 0 saturated carbocycles. The van der Waals surface area contributed by atoms with Crippen molar-refractivity contribution < 1.29 is 9.59 Å². The Balaban J connectivity index is 1.70. The van der Waals surface area contributed by atoms with E-state index < -0.39 is 0 Å². The standard InChI is InChI=1S/C19H27N3O2/c1-12(2)17-19(24)22-8-7-21(11-16(22)18(23)20-17)10-15-6-5-13(3)9-14(15)4/h5-6,9,12,16-17H,7-8,10-11H2,1-4H3,(H,20,23)/t16-,17+/m1/s1. The van der Waals surface area contributed by atoms with E-state index in [0.29, 0.717) is 13.1 Å². The number of nitrogens with zero attached hydrogens (tertiary/aromatic N) is 2. The molecule has 0 bridgehead atoms. The fraction of sp³-hybridized carbons (Fsp3) is 0.579. The van der Waals surface area contributed by atoms with Crippen LogP contribution in [0.5, 0.6) is 0 Å². The first-order chi connectivity index (χ1) is 11.4. The number of rotatable bonds is 3. The van der Waals surface area contributed by atoms with Gasteiger partial charge in [0.15, 0.2) is 0 Å². The number of benzene rings is 1. The Hall–Kier alpha value is -1.88. The Morgan fingerprint density at radius 1 is 1.21 bits per heavy atom. The summed E-state index contributed by atoms with van der Waals surface area (Å²) in [7, 11) is 0. The molecule has 2 heterocycles. The average molecular weight is 329 g/mol. The van der Waals surface area contributed by atoms with Crippen LogP contribution in [0.4, 0.5) is 0 Å². The quantitative estimate of drug-likeness (QED) is 0.914. The molecule has 0 aliphatic carbocycles. The topological polar surface area (TPSA) is 52.6 Å². The molecule has 2 fully saturated rings. The molecule has 0 radical (unpaired) electrons. The molecule has 2 atom stereocenters. The van der Waals surface area contributed by atoms with E-state index in [4.69, 9.17) is 0 Å². The van der Waals surface area contributed by atoms with Crippen molar-refractivity contribution in [2.24, 2.45) is 5.92 Å². The second kappa shape index (κ2) is 6.55. The molecule has 0 unspecified atom stereocenters. The summed E-state index contributed by atoms with van der Waals surface area (Å²) in [6, 6.07) is 5.75. The van der Waals surface area contributed by atoms with E-state index in [1.165, 1.54) is 16.7 Å². The number of amides is 2. The highest BCUT2D eigenvalue weighted by atomic mass is 16.2. The van der Waals surface area contributed by atoms with Crippen LogP contribution in [0.25, 0.3) is 0 Å². The van der Waals surface area contributed by atoms with E-state index in [1.807, 2.05) is 13.8 Å². The number of nitrogens with one attached hydrogen (secondary N) is 1. The van der Waals surface area contributed by atoms with Crippen molar-refractivity contribution in [1.82, 2.24) is 15.1 Å². The van der Waals surface area contributed by atoms with Gasteiger partial charge in [-0.2, -0.15) is 0 Å². The van der Waals surface area contributed by atoms with Crippen molar-refractivity contribution >= 4 is 11.8 Å². The molecule has 5 heteroatoms. The van der Waals surface area contributed by atoms with E-state index in [-0.39, 0.29) is 29.8 Å². The number of aryl methyl sites for hydroxylation is 2. The van der Waals surface area contributed by atoms with Crippen molar-refractivity contribution in [2.75, 3.05) is 19.6 Å². The third kappa shape index (κ3) is 3.18. The van der Waals surface area contributed by atoms with Gasteiger partial charge in [-0.1, -0.05) is 37.6 Å². The Labute approximate surface area is 144 Å². The minimum atomic E-state index is -0.375. The fourth-order valence-electron chi connectivity index (χ4n) is 3.68. The molecular weight excluding hydrogens is 302 g/mol. The van der Waals surface area contributed by atoms with Crippen LogP contribution in [0.2, 0.25) is 0 Å². The highest BCUT2D eigenvalue weighted by Crippen LogP contribution is 2.21. The van der Waals surface area contributed by atoms with Crippen molar-refractivity contribution in [3.63, 3.8) is 0 Å². The maximum absolute atomic E-state index is 12.6. The summed E-state index contributed by atoms with van der Waals surface area (Å²) < 4.78 is 0. The molecule has 0 spiro atoms. The minimum Gasteiger partial charge on any atom is -0.342 e. The average Bonchev–Trinajstić information content (AvgIpc) is 2.53. The van der Waals surface area contributed by atoms with Gasteiger partial charge >= 0.3 is 0 Å². The lowest BCUT2D eigenvalue weighted by Gasteiger charge is -2.46. The maximum atomic E-state index is 12.6. The summed E-state index contributed by atoms with van der Waals surface area (Å²) in [6.45, 7) is 11.0. The second-order valence-electron chi connectivity index (χ2n) is 7.44. The Kier molecular flexibility index (Phi) is 4.63. The highest BCUT2D eigenvalue weighted by molar-refractivity contribution is 5.97. The first-order valence-corrected chi connectivity index (χ1v) is 8.76. The predicted molar refractivity (Wildman–Crippen MR) is 93.5 cm³/mol. The third-order valence-corrected chi connectivity index (χ3v) is 5.17. The van der Waals surface area contributed by atoms with Crippen LogP contribution >= 0.6 is 0 Å². The first-order valence-electron chi connectivity index (χ1n) is 8.76. The van der Waals surface area contributed by atoms with Crippen LogP contribution in [0.15, 0.2) is 18.2 Å². The molecule has 5 nitrogen and oxygen atoms in total. The summed E-state index contributed by atoms with van der Waals surface area (Å²) >= 11 is 0. The zero-order chi connectivity index (χ0) is 17.4. The van der Waals surface area contributed by atoms with Gasteiger partial charge in [-0.25, -0.2) is 0 Å². The van der Waals surface area contributed by atoms with Crippen molar-refractivity contribution in [3.05, 3.63) is 34.9 Å².